The summed E-state index contributed by atoms with van der Waals surface area (Å²) >= 11 is 0. The maximum Gasteiger partial charge on any atom is 0.407 e. The molecule has 3 aliphatic heterocycles. The van der Waals surface area contributed by atoms with Gasteiger partial charge in [-0.15, -0.1) is 0 Å². The van der Waals surface area contributed by atoms with Crippen molar-refractivity contribution in [2.24, 2.45) is 11.8 Å². The molecule has 5 aromatic rings. The first-order valence-corrected chi connectivity index (χ1v) is 22.5. The molecule has 2 aromatic heterocycles. The number of imidazole rings is 2. The van der Waals surface area contributed by atoms with Gasteiger partial charge in [0.1, 0.15) is 17.7 Å². The maximum absolute atomic E-state index is 13.9. The van der Waals surface area contributed by atoms with Crippen LogP contribution in [0.5, 0.6) is 0 Å². The molecule has 5 atom stereocenters. The van der Waals surface area contributed by atoms with Crippen molar-refractivity contribution >= 4 is 34.6 Å². The fraction of sp³-hybridized carbons (Fsp3) is 0.480. The van der Waals surface area contributed by atoms with Gasteiger partial charge in [-0.25, -0.2) is 14.8 Å². The quantitative estimate of drug-likeness (QED) is 0.120. The van der Waals surface area contributed by atoms with Crippen molar-refractivity contribution in [3.8, 4) is 11.3 Å². The van der Waals surface area contributed by atoms with Gasteiger partial charge in [-0.2, -0.15) is 0 Å². The normalized spacial score (nSPS) is 21.1. The standard InChI is InChI=1S/C50H63N8O4/c1-30(2)27-44(59)56-25-9-11-42(56)46-51-29-39(54-46)32-13-15-33(16-14-32)40-23-24-41(58(40)36-20-18-35(19-21-36)50(5,6)7)34-17-22-37-38(28-34)53-47(52-37)43-12-10-26-57(43)48(60)45(31(3)4)55-49(61)62-8/h13-22,27-31,40-43,45H,9-12,23-26H2,1-8H3,(H,51,54)(H,52,53)(H,55,61)/t40-,41-,42+,43+,45+/m1/s1. The molecule has 327 valence electrons. The predicted octanol–water partition coefficient (Wildman–Crippen LogP) is 9.90. The fourth-order valence-electron chi connectivity index (χ4n) is 9.80. The summed E-state index contributed by atoms with van der Waals surface area (Å²) in [5.41, 5.74) is 8.82. The van der Waals surface area contributed by atoms with Crippen LogP contribution in [0.3, 0.4) is 0 Å². The Morgan fingerprint density at radius 2 is 1.44 bits per heavy atom. The van der Waals surface area contributed by atoms with Crippen LogP contribution in [0, 0.1) is 18.3 Å². The van der Waals surface area contributed by atoms with E-state index >= 15 is 0 Å². The highest BCUT2D eigenvalue weighted by Gasteiger charge is 2.39. The van der Waals surface area contributed by atoms with Crippen molar-refractivity contribution in [3.63, 3.8) is 0 Å². The molecule has 3 aliphatic rings. The minimum Gasteiger partial charge on any atom is -0.453 e. The first-order chi connectivity index (χ1) is 29.7. The Labute approximate surface area is 366 Å². The number of ether oxygens (including phenoxy) is 1. The van der Waals surface area contributed by atoms with Gasteiger partial charge in [0.25, 0.3) is 0 Å². The number of likely N-dealkylation sites (tertiary alicyclic amines) is 2. The number of carbonyl (C=O) groups excluding carboxylic acids is 3. The molecule has 3 aromatic carbocycles. The monoisotopic (exact) mass is 839 g/mol. The molecule has 8 rings (SSSR count). The SMILES string of the molecule is COC(=O)N[C@H](C(=O)N1CCC[C@H]1c1nc2ccc([C@H]3CC[C@H](c4ccc(-c5cnc([C@@H]6CCCN6C(=O)[CH]C(C)C)[nH]5)cc4)N3c3ccc(C(C)(C)C)cc3)cc2[nH]1)C(C)C. The summed E-state index contributed by atoms with van der Waals surface area (Å²) in [5, 5.41) is 2.75. The molecule has 0 saturated carbocycles. The third-order valence-electron chi connectivity index (χ3n) is 13.1. The average molecular weight is 840 g/mol. The van der Waals surface area contributed by atoms with Crippen LogP contribution in [-0.2, 0) is 19.7 Å². The van der Waals surface area contributed by atoms with E-state index in [1.807, 2.05) is 43.7 Å². The molecular formula is C50H63N8O4. The summed E-state index contributed by atoms with van der Waals surface area (Å²) in [6, 6.07) is 23.9. The summed E-state index contributed by atoms with van der Waals surface area (Å²) < 4.78 is 4.83. The minimum absolute atomic E-state index is 0.0346. The van der Waals surface area contributed by atoms with Crippen molar-refractivity contribution in [1.82, 2.24) is 35.1 Å². The summed E-state index contributed by atoms with van der Waals surface area (Å²) in [6.45, 7) is 16.0. The molecule has 0 bridgehead atoms. The van der Waals surface area contributed by atoms with E-state index in [-0.39, 0.29) is 53.2 Å². The Kier molecular flexibility index (Phi) is 12.2. The van der Waals surface area contributed by atoms with Crippen LogP contribution in [0.15, 0.2) is 72.9 Å². The van der Waals surface area contributed by atoms with E-state index in [0.717, 1.165) is 79.0 Å². The number of hydrogen-bond donors (Lipinski definition) is 3. The van der Waals surface area contributed by atoms with E-state index in [2.05, 4.69) is 108 Å². The first-order valence-electron chi connectivity index (χ1n) is 22.5. The molecule has 12 heteroatoms. The molecule has 12 nitrogen and oxygen atoms in total. The lowest BCUT2D eigenvalue weighted by molar-refractivity contribution is -0.135. The van der Waals surface area contributed by atoms with Gasteiger partial charge in [-0.1, -0.05) is 90.9 Å². The number of nitrogens with one attached hydrogen (secondary N) is 3. The van der Waals surface area contributed by atoms with Gasteiger partial charge in [-0.3, -0.25) is 9.59 Å². The number of nitrogens with zero attached hydrogens (tertiary/aromatic N) is 5. The smallest absolute Gasteiger partial charge is 0.407 e. The molecule has 0 spiro atoms. The average Bonchev–Trinajstić information content (AvgIpc) is 4.10. The van der Waals surface area contributed by atoms with Crippen LogP contribution in [0.4, 0.5) is 10.5 Å². The Bertz CT molecular complexity index is 2380. The van der Waals surface area contributed by atoms with Crippen molar-refractivity contribution in [1.29, 1.82) is 0 Å². The number of aromatic amines is 2. The lowest BCUT2D eigenvalue weighted by Crippen LogP contribution is -2.51. The van der Waals surface area contributed by atoms with E-state index in [9.17, 15) is 14.4 Å². The number of hydrogen-bond acceptors (Lipinski definition) is 7. The number of benzene rings is 3. The first kappa shape index (κ1) is 43.0. The van der Waals surface area contributed by atoms with Gasteiger partial charge < -0.3 is 34.7 Å². The third kappa shape index (κ3) is 8.70. The van der Waals surface area contributed by atoms with Crippen LogP contribution in [0.25, 0.3) is 22.3 Å². The van der Waals surface area contributed by atoms with E-state index in [1.165, 1.54) is 29.5 Å². The minimum atomic E-state index is -0.688. The molecule has 3 saturated heterocycles. The highest BCUT2D eigenvalue weighted by molar-refractivity contribution is 5.87. The number of methoxy groups -OCH3 is 1. The molecule has 0 unspecified atom stereocenters. The topological polar surface area (TPSA) is 140 Å². The lowest BCUT2D eigenvalue weighted by atomic mass is 9.87. The van der Waals surface area contributed by atoms with Crippen molar-refractivity contribution in [2.45, 2.75) is 123 Å². The Morgan fingerprint density at radius 1 is 0.790 bits per heavy atom. The Morgan fingerprint density at radius 3 is 2.08 bits per heavy atom. The highest BCUT2D eigenvalue weighted by atomic mass is 16.5. The zero-order valence-corrected chi connectivity index (χ0v) is 37.6. The Hall–Kier alpha value is -5.65. The van der Waals surface area contributed by atoms with Crippen molar-refractivity contribution in [3.05, 3.63) is 108 Å². The molecule has 3 amide bonds. The molecule has 0 aliphatic carbocycles. The molecular weight excluding hydrogens is 777 g/mol. The predicted molar refractivity (Wildman–Crippen MR) is 243 cm³/mol. The molecule has 3 N–H and O–H groups in total. The fourth-order valence-corrected chi connectivity index (χ4v) is 9.80. The van der Waals surface area contributed by atoms with Gasteiger partial charge in [0, 0.05) is 18.8 Å². The van der Waals surface area contributed by atoms with Gasteiger partial charge in [-0.05, 0) is 102 Å². The molecule has 5 heterocycles. The van der Waals surface area contributed by atoms with E-state index in [0.29, 0.717) is 6.54 Å². The van der Waals surface area contributed by atoms with E-state index in [1.54, 1.807) is 6.42 Å². The molecule has 3 fully saturated rings. The summed E-state index contributed by atoms with van der Waals surface area (Å²) in [7, 11) is 1.31. The van der Waals surface area contributed by atoms with Gasteiger partial charge >= 0.3 is 6.09 Å². The van der Waals surface area contributed by atoms with E-state index < -0.39 is 12.1 Å². The van der Waals surface area contributed by atoms with Crippen LogP contribution in [-0.4, -0.2) is 73.9 Å². The maximum atomic E-state index is 13.9. The number of fused-ring (bicyclic) bond motifs is 1. The Balaban J connectivity index is 1.05. The van der Waals surface area contributed by atoms with Gasteiger partial charge in [0.2, 0.25) is 11.8 Å². The number of amides is 3. The number of rotatable bonds is 11. The van der Waals surface area contributed by atoms with Gasteiger partial charge in [0.15, 0.2) is 0 Å². The van der Waals surface area contributed by atoms with Crippen molar-refractivity contribution in [2.75, 3.05) is 25.1 Å². The number of anilines is 1. The lowest BCUT2D eigenvalue weighted by Gasteiger charge is -2.34. The second-order valence-corrected chi connectivity index (χ2v) is 19.2. The van der Waals surface area contributed by atoms with Crippen LogP contribution in [0.1, 0.15) is 139 Å². The van der Waals surface area contributed by atoms with Crippen LogP contribution < -0.4 is 10.2 Å². The summed E-state index contributed by atoms with van der Waals surface area (Å²) in [5.74, 6) is 1.68. The number of alkyl carbamates (subject to hydrolysis) is 1. The largest absolute Gasteiger partial charge is 0.453 e. The molecule has 62 heavy (non-hydrogen) atoms. The second kappa shape index (κ2) is 17.6. The third-order valence-corrected chi connectivity index (χ3v) is 13.1. The number of carbonyl (C=O) groups is 3. The van der Waals surface area contributed by atoms with Crippen LogP contribution >= 0.6 is 0 Å². The van der Waals surface area contributed by atoms with Crippen molar-refractivity contribution < 1.29 is 19.1 Å². The molecule has 1 radical (unpaired) electrons. The zero-order chi connectivity index (χ0) is 43.9. The zero-order valence-electron chi connectivity index (χ0n) is 37.6. The second-order valence-electron chi connectivity index (χ2n) is 19.2. The summed E-state index contributed by atoms with van der Waals surface area (Å²) in [6.07, 6.45) is 8.58. The summed E-state index contributed by atoms with van der Waals surface area (Å²) in [4.78, 5) is 62.4. The number of H-pyrrole nitrogens is 2. The van der Waals surface area contributed by atoms with E-state index in [4.69, 9.17) is 14.7 Å². The van der Waals surface area contributed by atoms with Gasteiger partial charge in [0.05, 0.1) is 60.6 Å². The number of aromatic nitrogens is 4. The van der Waals surface area contributed by atoms with Crippen LogP contribution in [0.2, 0.25) is 0 Å². The highest BCUT2D eigenvalue weighted by Crippen LogP contribution is 2.48.